The van der Waals surface area contributed by atoms with Crippen LogP contribution in [0, 0.1) is 0 Å². The van der Waals surface area contributed by atoms with E-state index in [-0.39, 0.29) is 5.91 Å². The molecule has 0 spiro atoms. The number of nitrogens with one attached hydrogen (secondary N) is 1. The van der Waals surface area contributed by atoms with Gasteiger partial charge in [-0.1, -0.05) is 17.7 Å². The van der Waals surface area contributed by atoms with Crippen LogP contribution in [0.25, 0.3) is 5.65 Å². The second kappa shape index (κ2) is 8.05. The van der Waals surface area contributed by atoms with Crippen LogP contribution in [0.1, 0.15) is 23.1 Å². The molecular weight excluding hydrogens is 356 g/mol. The summed E-state index contributed by atoms with van der Waals surface area (Å²) in [4.78, 5) is 12.4. The summed E-state index contributed by atoms with van der Waals surface area (Å²) >= 11 is 6.21. The van der Waals surface area contributed by atoms with Crippen molar-refractivity contribution in [1.82, 2.24) is 19.9 Å². The highest BCUT2D eigenvalue weighted by Gasteiger charge is 2.15. The van der Waals surface area contributed by atoms with Gasteiger partial charge in [-0.05, 0) is 31.2 Å². The smallest absolute Gasteiger partial charge is 0.251 e. The van der Waals surface area contributed by atoms with Crippen molar-refractivity contribution < 1.29 is 14.3 Å². The van der Waals surface area contributed by atoms with E-state index in [4.69, 9.17) is 21.1 Å². The molecule has 0 unspecified atom stereocenters. The molecule has 0 saturated heterocycles. The number of pyridine rings is 1. The highest BCUT2D eigenvalue weighted by molar-refractivity contribution is 6.32. The second-order valence-electron chi connectivity index (χ2n) is 5.47. The first-order valence-electron chi connectivity index (χ1n) is 8.21. The number of hydrogen-bond acceptors (Lipinski definition) is 5. The number of carbonyl (C=O) groups is 1. The van der Waals surface area contributed by atoms with Gasteiger partial charge in [-0.3, -0.25) is 9.20 Å². The lowest BCUT2D eigenvalue weighted by Gasteiger charge is -2.13. The highest BCUT2D eigenvalue weighted by Crippen LogP contribution is 2.36. The van der Waals surface area contributed by atoms with Crippen molar-refractivity contribution in [2.24, 2.45) is 0 Å². The van der Waals surface area contributed by atoms with Gasteiger partial charge in [-0.2, -0.15) is 0 Å². The van der Waals surface area contributed by atoms with Crippen molar-refractivity contribution in [1.29, 1.82) is 0 Å². The summed E-state index contributed by atoms with van der Waals surface area (Å²) in [5.41, 5.74) is 1.18. The number of fused-ring (bicyclic) bond motifs is 1. The topological polar surface area (TPSA) is 77.8 Å². The van der Waals surface area contributed by atoms with E-state index in [1.807, 2.05) is 35.7 Å². The van der Waals surface area contributed by atoms with Crippen LogP contribution < -0.4 is 14.8 Å². The number of benzene rings is 1. The number of nitrogens with zero attached hydrogens (tertiary/aromatic N) is 3. The van der Waals surface area contributed by atoms with Crippen LogP contribution in [0.4, 0.5) is 0 Å². The Morgan fingerprint density at radius 1 is 1.31 bits per heavy atom. The van der Waals surface area contributed by atoms with Gasteiger partial charge in [-0.25, -0.2) is 0 Å². The lowest BCUT2D eigenvalue weighted by Crippen LogP contribution is -2.26. The third-order valence-corrected chi connectivity index (χ3v) is 4.08. The maximum atomic E-state index is 12.4. The average molecular weight is 375 g/mol. The highest BCUT2D eigenvalue weighted by atomic mass is 35.5. The summed E-state index contributed by atoms with van der Waals surface area (Å²) in [5, 5.41) is 11.4. The summed E-state index contributed by atoms with van der Waals surface area (Å²) in [6.45, 7) is 2.72. The Hall–Kier alpha value is -2.80. The van der Waals surface area contributed by atoms with Crippen LogP contribution in [0.15, 0.2) is 36.5 Å². The molecule has 1 aromatic carbocycles. The van der Waals surface area contributed by atoms with E-state index < -0.39 is 0 Å². The summed E-state index contributed by atoms with van der Waals surface area (Å²) in [5.74, 6) is 1.39. The lowest BCUT2D eigenvalue weighted by molar-refractivity contribution is 0.0953. The van der Waals surface area contributed by atoms with Gasteiger partial charge in [0.15, 0.2) is 17.1 Å². The standard InChI is InChI=1S/C18H19ClN4O3/c1-3-26-17-13(19)10-12(11-14(17)25-2)18(24)20-8-7-16-22-21-15-6-4-5-9-23(15)16/h4-6,9-11H,3,7-8H2,1-2H3,(H,20,24). The number of amides is 1. The summed E-state index contributed by atoms with van der Waals surface area (Å²) in [7, 11) is 1.51. The van der Waals surface area contributed by atoms with Crippen LogP contribution >= 0.6 is 11.6 Å². The van der Waals surface area contributed by atoms with Gasteiger partial charge < -0.3 is 14.8 Å². The van der Waals surface area contributed by atoms with Crippen molar-refractivity contribution in [2.45, 2.75) is 13.3 Å². The Morgan fingerprint density at radius 3 is 2.92 bits per heavy atom. The lowest BCUT2D eigenvalue weighted by atomic mass is 10.2. The van der Waals surface area contributed by atoms with Gasteiger partial charge >= 0.3 is 0 Å². The maximum Gasteiger partial charge on any atom is 0.251 e. The Bertz CT molecular complexity index is 926. The van der Waals surface area contributed by atoms with E-state index >= 15 is 0 Å². The predicted octanol–water partition coefficient (Wildman–Crippen LogP) is 2.76. The number of methoxy groups -OCH3 is 1. The molecule has 0 aliphatic carbocycles. The minimum atomic E-state index is -0.248. The molecule has 3 rings (SSSR count). The molecule has 1 amide bonds. The Balaban J connectivity index is 1.67. The minimum Gasteiger partial charge on any atom is -0.493 e. The number of halogens is 1. The zero-order valence-electron chi connectivity index (χ0n) is 14.5. The van der Waals surface area contributed by atoms with Crippen molar-refractivity contribution in [3.05, 3.63) is 52.9 Å². The normalized spacial score (nSPS) is 10.7. The monoisotopic (exact) mass is 374 g/mol. The van der Waals surface area contributed by atoms with Gasteiger partial charge in [0.25, 0.3) is 5.91 Å². The molecule has 0 fully saturated rings. The van der Waals surface area contributed by atoms with E-state index in [9.17, 15) is 4.79 Å². The van der Waals surface area contributed by atoms with E-state index in [0.29, 0.717) is 41.7 Å². The van der Waals surface area contributed by atoms with Gasteiger partial charge in [0.2, 0.25) is 0 Å². The van der Waals surface area contributed by atoms with Crippen LogP contribution in [0.3, 0.4) is 0 Å². The van der Waals surface area contributed by atoms with Gasteiger partial charge in [0.05, 0.1) is 18.7 Å². The first kappa shape index (κ1) is 18.0. The molecule has 8 heteroatoms. The molecule has 136 valence electrons. The maximum absolute atomic E-state index is 12.4. The molecule has 0 saturated carbocycles. The first-order valence-corrected chi connectivity index (χ1v) is 8.59. The van der Waals surface area contributed by atoms with Gasteiger partial charge in [0.1, 0.15) is 5.82 Å². The van der Waals surface area contributed by atoms with Crippen molar-refractivity contribution >= 4 is 23.2 Å². The quantitative estimate of drug-likeness (QED) is 0.688. The molecule has 3 aromatic rings. The summed E-state index contributed by atoms with van der Waals surface area (Å²) in [6, 6.07) is 8.87. The van der Waals surface area contributed by atoms with Gasteiger partial charge in [-0.15, -0.1) is 10.2 Å². The molecular formula is C18H19ClN4O3. The second-order valence-corrected chi connectivity index (χ2v) is 5.88. The van der Waals surface area contributed by atoms with E-state index in [1.165, 1.54) is 7.11 Å². The Kier molecular flexibility index (Phi) is 5.58. The number of carbonyl (C=O) groups excluding carboxylic acids is 1. The molecule has 7 nitrogen and oxygen atoms in total. The number of ether oxygens (including phenoxy) is 2. The third-order valence-electron chi connectivity index (χ3n) is 3.80. The molecule has 0 aliphatic rings. The molecule has 1 N–H and O–H groups in total. The molecule has 0 radical (unpaired) electrons. The van der Waals surface area contributed by atoms with E-state index in [2.05, 4.69) is 15.5 Å². The fourth-order valence-electron chi connectivity index (χ4n) is 2.59. The number of rotatable bonds is 7. The molecule has 2 aromatic heterocycles. The SMILES string of the molecule is CCOc1c(Cl)cc(C(=O)NCCc2nnc3ccccn23)cc1OC. The zero-order valence-corrected chi connectivity index (χ0v) is 15.3. The fourth-order valence-corrected chi connectivity index (χ4v) is 2.85. The van der Waals surface area contributed by atoms with E-state index in [1.54, 1.807) is 12.1 Å². The molecule has 0 aliphatic heterocycles. The van der Waals surface area contributed by atoms with Crippen molar-refractivity contribution in [2.75, 3.05) is 20.3 Å². The van der Waals surface area contributed by atoms with Crippen molar-refractivity contribution in [3.63, 3.8) is 0 Å². The average Bonchev–Trinajstić information content (AvgIpc) is 3.06. The van der Waals surface area contributed by atoms with Crippen LogP contribution in [0.5, 0.6) is 11.5 Å². The van der Waals surface area contributed by atoms with Crippen LogP contribution in [-0.4, -0.2) is 40.8 Å². The van der Waals surface area contributed by atoms with Crippen LogP contribution in [0.2, 0.25) is 5.02 Å². The molecule has 0 bridgehead atoms. The molecule has 26 heavy (non-hydrogen) atoms. The van der Waals surface area contributed by atoms with E-state index in [0.717, 1.165) is 11.5 Å². The third kappa shape index (κ3) is 3.72. The fraction of sp³-hybridized carbons (Fsp3) is 0.278. The summed E-state index contributed by atoms with van der Waals surface area (Å²) < 4.78 is 12.6. The first-order chi connectivity index (χ1) is 12.6. The number of aromatic nitrogens is 3. The number of hydrogen-bond donors (Lipinski definition) is 1. The summed E-state index contributed by atoms with van der Waals surface area (Å²) in [6.07, 6.45) is 2.45. The molecule has 2 heterocycles. The zero-order chi connectivity index (χ0) is 18.5. The Morgan fingerprint density at radius 2 is 2.15 bits per heavy atom. The minimum absolute atomic E-state index is 0.248. The van der Waals surface area contributed by atoms with Crippen molar-refractivity contribution in [3.8, 4) is 11.5 Å². The largest absolute Gasteiger partial charge is 0.493 e. The molecule has 0 atom stereocenters. The predicted molar refractivity (Wildman–Crippen MR) is 98.2 cm³/mol. The van der Waals surface area contributed by atoms with Gasteiger partial charge in [0, 0.05) is 24.7 Å². The Labute approximate surface area is 155 Å². The van der Waals surface area contributed by atoms with Crippen LogP contribution in [-0.2, 0) is 6.42 Å².